The number of ether oxygens (including phenoxy) is 1. The summed E-state index contributed by atoms with van der Waals surface area (Å²) < 4.78 is 5.61. The molecule has 1 fully saturated rings. The molecule has 2 unspecified atom stereocenters. The van der Waals surface area contributed by atoms with Crippen LogP contribution in [0.4, 0.5) is 0 Å². The third-order valence-electron chi connectivity index (χ3n) is 3.86. The van der Waals surface area contributed by atoms with Crippen LogP contribution >= 0.6 is 0 Å². The van der Waals surface area contributed by atoms with Crippen LogP contribution in [0.5, 0.6) is 0 Å². The van der Waals surface area contributed by atoms with Crippen molar-refractivity contribution in [2.45, 2.75) is 59.5 Å². The zero-order chi connectivity index (χ0) is 16.0. The SMILES string of the molecule is CC(C)CCOCCN1C(=O)C(C(C)C)NC(=O)CC1C. The summed E-state index contributed by atoms with van der Waals surface area (Å²) in [4.78, 5) is 26.2. The summed E-state index contributed by atoms with van der Waals surface area (Å²) in [5.74, 6) is 0.681. The zero-order valence-electron chi connectivity index (χ0n) is 14.0. The first-order chi connectivity index (χ1) is 9.82. The lowest BCUT2D eigenvalue weighted by atomic mass is 10.0. The summed E-state index contributed by atoms with van der Waals surface area (Å²) in [6.45, 7) is 12.0. The first kappa shape index (κ1) is 18.0. The van der Waals surface area contributed by atoms with Crippen LogP contribution in [-0.4, -0.2) is 48.6 Å². The largest absolute Gasteiger partial charge is 0.380 e. The fourth-order valence-electron chi connectivity index (χ4n) is 2.43. The highest BCUT2D eigenvalue weighted by Gasteiger charge is 2.35. The van der Waals surface area contributed by atoms with E-state index in [2.05, 4.69) is 19.2 Å². The van der Waals surface area contributed by atoms with Gasteiger partial charge in [-0.3, -0.25) is 9.59 Å². The molecule has 2 amide bonds. The Labute approximate surface area is 128 Å². The summed E-state index contributed by atoms with van der Waals surface area (Å²) in [7, 11) is 0. The lowest BCUT2D eigenvalue weighted by molar-refractivity contribution is -0.136. The van der Waals surface area contributed by atoms with Gasteiger partial charge in [0.15, 0.2) is 0 Å². The Bertz CT molecular complexity index is 355. The second-order valence-corrected chi connectivity index (χ2v) is 6.67. The molecule has 0 saturated carbocycles. The van der Waals surface area contributed by atoms with Crippen LogP contribution in [-0.2, 0) is 14.3 Å². The van der Waals surface area contributed by atoms with Crippen molar-refractivity contribution in [3.8, 4) is 0 Å². The molecule has 0 spiro atoms. The van der Waals surface area contributed by atoms with Gasteiger partial charge in [0.25, 0.3) is 0 Å². The molecule has 1 heterocycles. The topological polar surface area (TPSA) is 58.6 Å². The van der Waals surface area contributed by atoms with E-state index >= 15 is 0 Å². The molecule has 0 bridgehead atoms. The monoisotopic (exact) mass is 298 g/mol. The molecule has 0 aliphatic carbocycles. The highest BCUT2D eigenvalue weighted by atomic mass is 16.5. The van der Waals surface area contributed by atoms with Crippen LogP contribution in [0.15, 0.2) is 0 Å². The summed E-state index contributed by atoms with van der Waals surface area (Å²) >= 11 is 0. The van der Waals surface area contributed by atoms with Crippen LogP contribution in [0.3, 0.4) is 0 Å². The Balaban J connectivity index is 2.56. The van der Waals surface area contributed by atoms with Gasteiger partial charge in [0.05, 0.1) is 6.61 Å². The van der Waals surface area contributed by atoms with Crippen molar-refractivity contribution in [1.29, 1.82) is 0 Å². The van der Waals surface area contributed by atoms with Gasteiger partial charge in [-0.1, -0.05) is 27.7 Å². The standard InChI is InChI=1S/C16H30N2O3/c1-11(2)6-8-21-9-7-18-13(5)10-14(19)17-15(12(3)4)16(18)20/h11-13,15H,6-10H2,1-5H3,(H,17,19). The highest BCUT2D eigenvalue weighted by molar-refractivity contribution is 5.90. The fourth-order valence-corrected chi connectivity index (χ4v) is 2.43. The van der Waals surface area contributed by atoms with E-state index in [1.807, 2.05) is 20.8 Å². The first-order valence-electron chi connectivity index (χ1n) is 8.00. The third-order valence-corrected chi connectivity index (χ3v) is 3.86. The van der Waals surface area contributed by atoms with Gasteiger partial charge in [0, 0.05) is 25.6 Å². The molecule has 5 nitrogen and oxygen atoms in total. The molecule has 122 valence electrons. The maximum atomic E-state index is 12.6. The minimum Gasteiger partial charge on any atom is -0.380 e. The number of carbonyl (C=O) groups is 2. The predicted octanol–water partition coefficient (Wildman–Crippen LogP) is 1.81. The van der Waals surface area contributed by atoms with E-state index in [1.54, 1.807) is 4.90 Å². The van der Waals surface area contributed by atoms with Crippen LogP contribution in [0, 0.1) is 11.8 Å². The molecule has 1 rings (SSSR count). The van der Waals surface area contributed by atoms with E-state index in [-0.39, 0.29) is 23.8 Å². The highest BCUT2D eigenvalue weighted by Crippen LogP contribution is 2.15. The average Bonchev–Trinajstić information content (AvgIpc) is 2.47. The summed E-state index contributed by atoms with van der Waals surface area (Å²) in [6.07, 6.45) is 1.39. The van der Waals surface area contributed by atoms with Gasteiger partial charge in [-0.25, -0.2) is 0 Å². The van der Waals surface area contributed by atoms with Gasteiger partial charge in [0.2, 0.25) is 11.8 Å². The van der Waals surface area contributed by atoms with Gasteiger partial charge in [-0.2, -0.15) is 0 Å². The molecule has 1 aliphatic rings. The summed E-state index contributed by atoms with van der Waals surface area (Å²) in [5, 5.41) is 2.83. The molecule has 5 heteroatoms. The Hall–Kier alpha value is -1.10. The van der Waals surface area contributed by atoms with Crippen LogP contribution in [0.2, 0.25) is 0 Å². The van der Waals surface area contributed by atoms with E-state index in [0.717, 1.165) is 13.0 Å². The lowest BCUT2D eigenvalue weighted by Crippen LogP contribution is -2.49. The van der Waals surface area contributed by atoms with Gasteiger partial charge < -0.3 is 15.0 Å². The van der Waals surface area contributed by atoms with Crippen molar-refractivity contribution in [2.75, 3.05) is 19.8 Å². The molecule has 1 aliphatic heterocycles. The predicted molar refractivity (Wildman–Crippen MR) is 82.8 cm³/mol. The quantitative estimate of drug-likeness (QED) is 0.729. The molecule has 2 atom stereocenters. The Morgan fingerprint density at radius 1 is 1.24 bits per heavy atom. The van der Waals surface area contributed by atoms with E-state index in [4.69, 9.17) is 4.74 Å². The molecule has 1 saturated heterocycles. The molecular weight excluding hydrogens is 268 g/mol. The van der Waals surface area contributed by atoms with E-state index < -0.39 is 6.04 Å². The smallest absolute Gasteiger partial charge is 0.245 e. The van der Waals surface area contributed by atoms with E-state index in [0.29, 0.717) is 25.5 Å². The van der Waals surface area contributed by atoms with Crippen molar-refractivity contribution in [1.82, 2.24) is 10.2 Å². The Kier molecular flexibility index (Phi) is 7.15. The molecule has 0 aromatic carbocycles. The van der Waals surface area contributed by atoms with Crippen LogP contribution in [0.25, 0.3) is 0 Å². The van der Waals surface area contributed by atoms with E-state index in [9.17, 15) is 9.59 Å². The Morgan fingerprint density at radius 3 is 2.48 bits per heavy atom. The number of carbonyl (C=O) groups excluding carboxylic acids is 2. The molecule has 0 aromatic rings. The second-order valence-electron chi connectivity index (χ2n) is 6.67. The van der Waals surface area contributed by atoms with Crippen molar-refractivity contribution in [3.63, 3.8) is 0 Å². The number of amides is 2. The Morgan fingerprint density at radius 2 is 1.90 bits per heavy atom. The van der Waals surface area contributed by atoms with Gasteiger partial charge in [0.1, 0.15) is 6.04 Å². The normalized spacial score (nSPS) is 23.7. The maximum absolute atomic E-state index is 12.6. The third kappa shape index (κ3) is 5.65. The number of rotatable bonds is 7. The van der Waals surface area contributed by atoms with Crippen LogP contribution < -0.4 is 5.32 Å². The number of nitrogens with zero attached hydrogens (tertiary/aromatic N) is 1. The maximum Gasteiger partial charge on any atom is 0.245 e. The molecule has 1 N–H and O–H groups in total. The molecular formula is C16H30N2O3. The first-order valence-corrected chi connectivity index (χ1v) is 8.00. The van der Waals surface area contributed by atoms with Gasteiger partial charge in [-0.15, -0.1) is 0 Å². The van der Waals surface area contributed by atoms with E-state index in [1.165, 1.54) is 0 Å². The van der Waals surface area contributed by atoms with Crippen molar-refractivity contribution >= 4 is 11.8 Å². The molecule has 0 aromatic heterocycles. The minimum absolute atomic E-state index is 0.0100. The number of hydrogen-bond acceptors (Lipinski definition) is 3. The summed E-state index contributed by atoms with van der Waals surface area (Å²) in [6, 6.07) is -0.493. The summed E-state index contributed by atoms with van der Waals surface area (Å²) in [5.41, 5.74) is 0. The zero-order valence-corrected chi connectivity index (χ0v) is 14.0. The average molecular weight is 298 g/mol. The molecule has 21 heavy (non-hydrogen) atoms. The molecule has 0 radical (unpaired) electrons. The second kappa shape index (κ2) is 8.37. The number of nitrogens with one attached hydrogen (secondary N) is 1. The number of hydrogen-bond donors (Lipinski definition) is 1. The van der Waals surface area contributed by atoms with Crippen molar-refractivity contribution in [2.24, 2.45) is 11.8 Å². The van der Waals surface area contributed by atoms with Gasteiger partial charge in [-0.05, 0) is 25.2 Å². The van der Waals surface area contributed by atoms with Crippen molar-refractivity contribution < 1.29 is 14.3 Å². The van der Waals surface area contributed by atoms with Gasteiger partial charge >= 0.3 is 0 Å². The van der Waals surface area contributed by atoms with Crippen LogP contribution in [0.1, 0.15) is 47.5 Å². The fraction of sp³-hybridized carbons (Fsp3) is 0.875. The lowest BCUT2D eigenvalue weighted by Gasteiger charge is -2.29. The minimum atomic E-state index is -0.418. The van der Waals surface area contributed by atoms with Crippen molar-refractivity contribution in [3.05, 3.63) is 0 Å².